The number of fused-ring (bicyclic) bond motifs is 2. The molecule has 0 spiro atoms. The van der Waals surface area contributed by atoms with E-state index in [-0.39, 0.29) is 29.4 Å². The fourth-order valence-electron chi connectivity index (χ4n) is 4.59. The number of amides is 2. The van der Waals surface area contributed by atoms with Crippen molar-refractivity contribution in [2.24, 2.45) is 5.92 Å². The Kier molecular flexibility index (Phi) is 6.22. The zero-order valence-corrected chi connectivity index (χ0v) is 20.5. The second kappa shape index (κ2) is 9.36. The van der Waals surface area contributed by atoms with Crippen LogP contribution >= 0.6 is 23.1 Å². The molecule has 36 heavy (non-hydrogen) atoms. The molecule has 2 aliphatic heterocycles. The maximum Gasteiger partial charge on any atom is 0.326 e. The van der Waals surface area contributed by atoms with Gasteiger partial charge in [0.15, 0.2) is 0 Å². The molecule has 2 amide bonds. The summed E-state index contributed by atoms with van der Waals surface area (Å²) in [5.41, 5.74) is 0.854. The Bertz CT molecular complexity index is 1430. The molecule has 184 valence electrons. The number of thioether (sulfide) groups is 1. The van der Waals surface area contributed by atoms with E-state index in [1.807, 2.05) is 30.3 Å². The Morgan fingerprint density at radius 1 is 1.06 bits per heavy atom. The summed E-state index contributed by atoms with van der Waals surface area (Å²) in [5.74, 6) is -2.85. The first-order chi connectivity index (χ1) is 17.3. The van der Waals surface area contributed by atoms with Crippen LogP contribution in [0.4, 0.5) is 11.4 Å². The normalized spacial score (nSPS) is 20.7. The molecule has 3 aromatic rings. The standard InChI is InChI=1S/C24H19N3O7S2/c1-2-34-16(28)12-25-23-20(36-24(25)31)17(13-6-4-3-5-7-13)18-19(35-23)22(30)26(21(18)29)14-8-10-15(11-9-14)27(32)33/h3-11,17-19H,2,12H2,1H3/t17-,18-,19+/m0/s1. The van der Waals surface area contributed by atoms with Gasteiger partial charge in [-0.25, -0.2) is 4.90 Å². The lowest BCUT2D eigenvalue weighted by Gasteiger charge is -2.30. The lowest BCUT2D eigenvalue weighted by molar-refractivity contribution is -0.384. The van der Waals surface area contributed by atoms with Gasteiger partial charge in [-0.05, 0) is 24.6 Å². The topological polar surface area (TPSA) is 129 Å². The number of non-ortho nitro benzene ring substituents is 1. The molecule has 1 saturated heterocycles. The summed E-state index contributed by atoms with van der Waals surface area (Å²) < 4.78 is 6.33. The van der Waals surface area contributed by atoms with Crippen LogP contribution in [0.3, 0.4) is 0 Å². The number of hydrogen-bond donors (Lipinski definition) is 0. The van der Waals surface area contributed by atoms with Crippen LogP contribution in [0.15, 0.2) is 64.4 Å². The fraction of sp³-hybridized carbons (Fsp3) is 0.250. The average Bonchev–Trinajstić information content (AvgIpc) is 3.31. The molecule has 12 heteroatoms. The lowest BCUT2D eigenvalue weighted by atomic mass is 9.83. The summed E-state index contributed by atoms with van der Waals surface area (Å²) in [6, 6.07) is 14.4. The summed E-state index contributed by atoms with van der Waals surface area (Å²) in [6.45, 7) is 1.55. The van der Waals surface area contributed by atoms with Crippen LogP contribution < -0.4 is 9.77 Å². The SMILES string of the molecule is CCOC(=O)Cn1c2c(sc1=O)[C@@H](c1ccccc1)[C@@H]1C(=O)N(c3ccc([N+](=O)[O-])cc3)C(=O)[C@@H]1S2. The molecule has 2 aromatic carbocycles. The first-order valence-corrected chi connectivity index (χ1v) is 12.7. The van der Waals surface area contributed by atoms with Crippen molar-refractivity contribution in [3.8, 4) is 0 Å². The Labute approximate surface area is 212 Å². The largest absolute Gasteiger partial charge is 0.465 e. The Morgan fingerprint density at radius 2 is 1.75 bits per heavy atom. The summed E-state index contributed by atoms with van der Waals surface area (Å²) in [5, 5.41) is 10.7. The molecule has 0 N–H and O–H groups in total. The van der Waals surface area contributed by atoms with Crippen molar-refractivity contribution in [3.05, 3.63) is 84.8 Å². The summed E-state index contributed by atoms with van der Waals surface area (Å²) in [4.78, 5) is 64.2. The monoisotopic (exact) mass is 525 g/mol. The highest BCUT2D eigenvalue weighted by atomic mass is 32.2. The van der Waals surface area contributed by atoms with Crippen molar-refractivity contribution >= 4 is 52.3 Å². The quantitative estimate of drug-likeness (QED) is 0.208. The minimum Gasteiger partial charge on any atom is -0.465 e. The van der Waals surface area contributed by atoms with Gasteiger partial charge in [-0.2, -0.15) is 0 Å². The summed E-state index contributed by atoms with van der Waals surface area (Å²) in [6.07, 6.45) is 0. The van der Waals surface area contributed by atoms with Crippen molar-refractivity contribution in [3.63, 3.8) is 0 Å². The zero-order chi connectivity index (χ0) is 25.6. The third-order valence-electron chi connectivity index (χ3n) is 6.12. The summed E-state index contributed by atoms with van der Waals surface area (Å²) >= 11 is 2.05. The number of esters is 1. The zero-order valence-electron chi connectivity index (χ0n) is 18.9. The van der Waals surface area contributed by atoms with Crippen LogP contribution in [0.2, 0.25) is 0 Å². The first kappa shape index (κ1) is 23.9. The number of imide groups is 1. The van der Waals surface area contributed by atoms with Crippen LogP contribution in [0.5, 0.6) is 0 Å². The number of aromatic nitrogens is 1. The molecule has 5 rings (SSSR count). The van der Waals surface area contributed by atoms with E-state index in [1.54, 1.807) is 6.92 Å². The number of carbonyl (C=O) groups excluding carboxylic acids is 3. The number of rotatable bonds is 6. The molecule has 0 saturated carbocycles. The van der Waals surface area contributed by atoms with E-state index < -0.39 is 39.8 Å². The smallest absolute Gasteiger partial charge is 0.326 e. The second-order valence-electron chi connectivity index (χ2n) is 8.17. The average molecular weight is 526 g/mol. The number of hydrogen-bond acceptors (Lipinski definition) is 9. The number of thiazole rings is 1. The first-order valence-electron chi connectivity index (χ1n) is 11.0. The molecule has 1 aromatic heterocycles. The minimum atomic E-state index is -0.840. The molecule has 2 aliphatic rings. The van der Waals surface area contributed by atoms with Crippen LogP contribution in [0.25, 0.3) is 0 Å². The van der Waals surface area contributed by atoms with Crippen LogP contribution in [0, 0.1) is 16.0 Å². The number of nitrogens with zero attached hydrogens (tertiary/aromatic N) is 3. The molecule has 1 fully saturated rings. The van der Waals surface area contributed by atoms with Gasteiger partial charge < -0.3 is 4.74 Å². The van der Waals surface area contributed by atoms with Crippen molar-refractivity contribution in [2.75, 3.05) is 11.5 Å². The molecule has 0 unspecified atom stereocenters. The fourth-order valence-corrected chi connectivity index (χ4v) is 7.36. The molecule has 3 heterocycles. The van der Waals surface area contributed by atoms with Gasteiger partial charge >= 0.3 is 10.8 Å². The van der Waals surface area contributed by atoms with Crippen molar-refractivity contribution in [1.82, 2.24) is 4.57 Å². The third-order valence-corrected chi connectivity index (χ3v) is 8.72. The molecule has 0 radical (unpaired) electrons. The number of ether oxygens (including phenoxy) is 1. The predicted molar refractivity (Wildman–Crippen MR) is 132 cm³/mol. The van der Waals surface area contributed by atoms with E-state index in [9.17, 15) is 29.3 Å². The van der Waals surface area contributed by atoms with Gasteiger partial charge in [-0.15, -0.1) is 0 Å². The number of carbonyl (C=O) groups is 3. The third kappa shape index (κ3) is 3.91. The highest BCUT2D eigenvalue weighted by molar-refractivity contribution is 8.00. The van der Waals surface area contributed by atoms with Crippen molar-refractivity contribution in [2.45, 2.75) is 29.7 Å². The molecule has 3 atom stereocenters. The van der Waals surface area contributed by atoms with Crippen LogP contribution in [0.1, 0.15) is 23.3 Å². The molecule has 0 bridgehead atoms. The maximum atomic E-state index is 13.7. The van der Waals surface area contributed by atoms with E-state index in [2.05, 4.69) is 0 Å². The van der Waals surface area contributed by atoms with Gasteiger partial charge in [0.2, 0.25) is 11.8 Å². The number of nitro groups is 1. The highest BCUT2D eigenvalue weighted by Crippen LogP contribution is 2.53. The van der Waals surface area contributed by atoms with Gasteiger partial charge in [0.05, 0.1) is 28.2 Å². The Balaban J connectivity index is 1.60. The molecular weight excluding hydrogens is 506 g/mol. The number of anilines is 1. The Hall–Kier alpha value is -3.77. The lowest BCUT2D eigenvalue weighted by Crippen LogP contribution is -2.32. The van der Waals surface area contributed by atoms with E-state index in [4.69, 9.17) is 4.74 Å². The van der Waals surface area contributed by atoms with Gasteiger partial charge in [-0.1, -0.05) is 53.4 Å². The van der Waals surface area contributed by atoms with Gasteiger partial charge in [0.25, 0.3) is 5.69 Å². The molecule has 10 nitrogen and oxygen atoms in total. The van der Waals surface area contributed by atoms with E-state index >= 15 is 0 Å². The molecular formula is C24H19N3O7S2. The van der Waals surface area contributed by atoms with Crippen molar-refractivity contribution < 1.29 is 24.0 Å². The van der Waals surface area contributed by atoms with Crippen LogP contribution in [-0.2, 0) is 25.7 Å². The predicted octanol–water partition coefficient (Wildman–Crippen LogP) is 3.18. The van der Waals surface area contributed by atoms with Gasteiger partial charge in [0, 0.05) is 22.9 Å². The van der Waals surface area contributed by atoms with E-state index in [0.29, 0.717) is 9.90 Å². The van der Waals surface area contributed by atoms with E-state index in [1.165, 1.54) is 28.8 Å². The maximum absolute atomic E-state index is 13.7. The van der Waals surface area contributed by atoms with Gasteiger partial charge in [-0.3, -0.25) is 33.9 Å². The van der Waals surface area contributed by atoms with E-state index in [0.717, 1.165) is 33.6 Å². The van der Waals surface area contributed by atoms with Gasteiger partial charge in [0.1, 0.15) is 11.8 Å². The van der Waals surface area contributed by atoms with Crippen LogP contribution in [-0.4, -0.2) is 39.1 Å². The summed E-state index contributed by atoms with van der Waals surface area (Å²) in [7, 11) is 0. The number of nitro benzene ring substituents is 1. The highest BCUT2D eigenvalue weighted by Gasteiger charge is 2.56. The second-order valence-corrected chi connectivity index (χ2v) is 10.3. The minimum absolute atomic E-state index is 0.156. The number of benzene rings is 2. The Morgan fingerprint density at radius 3 is 2.39 bits per heavy atom. The van der Waals surface area contributed by atoms with Crippen molar-refractivity contribution in [1.29, 1.82) is 0 Å². The molecule has 0 aliphatic carbocycles.